The van der Waals surface area contributed by atoms with Gasteiger partial charge in [0.2, 0.25) is 0 Å². The molecule has 2 N–H and O–H groups in total. The van der Waals surface area contributed by atoms with Crippen LogP contribution < -0.4 is 10.5 Å². The second kappa shape index (κ2) is 5.13. The van der Waals surface area contributed by atoms with Gasteiger partial charge in [-0.3, -0.25) is 0 Å². The molecule has 7 heteroatoms. The quantitative estimate of drug-likeness (QED) is 0.930. The molecule has 0 aliphatic heterocycles. The van der Waals surface area contributed by atoms with Crippen molar-refractivity contribution in [1.29, 1.82) is 0 Å². The minimum atomic E-state index is -4.35. The molecule has 0 fully saturated rings. The van der Waals surface area contributed by atoms with Gasteiger partial charge >= 0.3 is 6.18 Å². The summed E-state index contributed by atoms with van der Waals surface area (Å²) in [7, 11) is 0. The largest absolute Gasteiger partial charge is 0.486 e. The van der Waals surface area contributed by atoms with Crippen LogP contribution in [0.15, 0.2) is 36.7 Å². The van der Waals surface area contributed by atoms with E-state index < -0.39 is 11.7 Å². The van der Waals surface area contributed by atoms with E-state index in [2.05, 4.69) is 9.97 Å². The van der Waals surface area contributed by atoms with Gasteiger partial charge in [0.05, 0.1) is 23.6 Å². The highest BCUT2D eigenvalue weighted by atomic mass is 19.4. The number of alkyl halides is 3. The number of anilines is 1. The second-order valence-corrected chi connectivity index (χ2v) is 3.74. The lowest BCUT2D eigenvalue weighted by Gasteiger charge is -2.08. The lowest BCUT2D eigenvalue weighted by atomic mass is 10.2. The minimum Gasteiger partial charge on any atom is -0.486 e. The van der Waals surface area contributed by atoms with Crippen LogP contribution in [0.1, 0.15) is 11.4 Å². The Balaban J connectivity index is 1.98. The van der Waals surface area contributed by atoms with Gasteiger partial charge in [0, 0.05) is 0 Å². The predicted molar refractivity (Wildman–Crippen MR) is 62.2 cm³/mol. The van der Waals surface area contributed by atoms with E-state index in [1.54, 1.807) is 0 Å². The van der Waals surface area contributed by atoms with E-state index in [9.17, 15) is 13.2 Å². The average molecular weight is 269 g/mol. The first-order valence-electron chi connectivity index (χ1n) is 5.31. The van der Waals surface area contributed by atoms with Crippen molar-refractivity contribution in [1.82, 2.24) is 9.97 Å². The normalized spacial score (nSPS) is 11.3. The van der Waals surface area contributed by atoms with Gasteiger partial charge in [-0.1, -0.05) is 0 Å². The SMILES string of the molecule is Nc1cnc(COc2ccc(C(F)(F)F)cc2)nc1. The Labute approximate surface area is 107 Å². The third kappa shape index (κ3) is 3.57. The maximum Gasteiger partial charge on any atom is 0.416 e. The molecule has 1 aromatic heterocycles. The average Bonchev–Trinajstić information content (AvgIpc) is 2.37. The zero-order valence-electron chi connectivity index (χ0n) is 9.69. The van der Waals surface area contributed by atoms with E-state index in [-0.39, 0.29) is 6.61 Å². The van der Waals surface area contributed by atoms with Crippen LogP contribution >= 0.6 is 0 Å². The summed E-state index contributed by atoms with van der Waals surface area (Å²) in [6.45, 7) is 0.0612. The van der Waals surface area contributed by atoms with Gasteiger partial charge in [-0.2, -0.15) is 13.2 Å². The van der Waals surface area contributed by atoms with Crippen LogP contribution in [0, 0.1) is 0 Å². The molecule has 0 amide bonds. The number of aromatic nitrogens is 2. The maximum absolute atomic E-state index is 12.3. The molecule has 1 heterocycles. The van der Waals surface area contributed by atoms with Crippen molar-refractivity contribution in [2.24, 2.45) is 0 Å². The monoisotopic (exact) mass is 269 g/mol. The molecule has 100 valence electrons. The van der Waals surface area contributed by atoms with Gasteiger partial charge in [-0.15, -0.1) is 0 Å². The van der Waals surface area contributed by atoms with E-state index in [0.29, 0.717) is 17.3 Å². The third-order valence-corrected chi connectivity index (χ3v) is 2.27. The van der Waals surface area contributed by atoms with E-state index in [4.69, 9.17) is 10.5 Å². The predicted octanol–water partition coefficient (Wildman–Crippen LogP) is 2.66. The van der Waals surface area contributed by atoms with Crippen LogP contribution in [-0.4, -0.2) is 9.97 Å². The molecule has 0 unspecified atom stereocenters. The summed E-state index contributed by atoms with van der Waals surface area (Å²) in [6, 6.07) is 4.42. The summed E-state index contributed by atoms with van der Waals surface area (Å²) in [5.41, 5.74) is 5.13. The Morgan fingerprint density at radius 1 is 1.05 bits per heavy atom. The van der Waals surface area contributed by atoms with Crippen molar-refractivity contribution in [2.75, 3.05) is 5.73 Å². The maximum atomic E-state index is 12.3. The third-order valence-electron chi connectivity index (χ3n) is 2.27. The van der Waals surface area contributed by atoms with Crippen molar-refractivity contribution in [3.8, 4) is 5.75 Å². The standard InChI is InChI=1S/C12H10F3N3O/c13-12(14,15)8-1-3-10(4-2-8)19-7-11-17-5-9(16)6-18-11/h1-6H,7,16H2. The van der Waals surface area contributed by atoms with Crippen LogP contribution in [0.25, 0.3) is 0 Å². The van der Waals surface area contributed by atoms with E-state index >= 15 is 0 Å². The Hall–Kier alpha value is -2.31. The molecule has 2 aromatic rings. The summed E-state index contributed by atoms with van der Waals surface area (Å²) in [5, 5.41) is 0. The van der Waals surface area contributed by atoms with Gasteiger partial charge in [0.25, 0.3) is 0 Å². The molecule has 4 nitrogen and oxygen atoms in total. The van der Waals surface area contributed by atoms with Crippen molar-refractivity contribution >= 4 is 5.69 Å². The number of benzene rings is 1. The molecule has 2 rings (SSSR count). The van der Waals surface area contributed by atoms with Crippen LogP contribution in [-0.2, 0) is 12.8 Å². The van der Waals surface area contributed by atoms with E-state index in [1.165, 1.54) is 24.5 Å². The van der Waals surface area contributed by atoms with Crippen LogP contribution in [0.3, 0.4) is 0 Å². The molecular weight excluding hydrogens is 259 g/mol. The fourth-order valence-electron chi connectivity index (χ4n) is 1.33. The summed E-state index contributed by atoms with van der Waals surface area (Å²) in [4.78, 5) is 7.82. The van der Waals surface area contributed by atoms with Gasteiger partial charge in [-0.05, 0) is 24.3 Å². The van der Waals surface area contributed by atoms with Crippen LogP contribution in [0.4, 0.5) is 18.9 Å². The zero-order chi connectivity index (χ0) is 13.9. The van der Waals surface area contributed by atoms with Gasteiger partial charge in [-0.25, -0.2) is 9.97 Å². The highest BCUT2D eigenvalue weighted by Crippen LogP contribution is 2.30. The Morgan fingerprint density at radius 3 is 2.16 bits per heavy atom. The first-order valence-corrected chi connectivity index (χ1v) is 5.31. The topological polar surface area (TPSA) is 61.0 Å². The molecule has 0 saturated carbocycles. The van der Waals surface area contributed by atoms with Crippen LogP contribution in [0.5, 0.6) is 5.75 Å². The van der Waals surface area contributed by atoms with Gasteiger partial charge < -0.3 is 10.5 Å². The molecule has 0 radical (unpaired) electrons. The molecule has 0 spiro atoms. The molecule has 19 heavy (non-hydrogen) atoms. The Morgan fingerprint density at radius 2 is 1.63 bits per heavy atom. The zero-order valence-corrected chi connectivity index (χ0v) is 9.69. The molecule has 0 bridgehead atoms. The number of nitrogen functional groups attached to an aromatic ring is 1. The highest BCUT2D eigenvalue weighted by molar-refractivity contribution is 5.30. The second-order valence-electron chi connectivity index (χ2n) is 3.74. The fraction of sp³-hybridized carbons (Fsp3) is 0.167. The van der Waals surface area contributed by atoms with Crippen molar-refractivity contribution in [3.05, 3.63) is 48.0 Å². The fourth-order valence-corrected chi connectivity index (χ4v) is 1.33. The first kappa shape index (κ1) is 13.1. The molecule has 0 aliphatic carbocycles. The molecule has 0 saturated heterocycles. The number of rotatable bonds is 3. The van der Waals surface area contributed by atoms with Gasteiger partial charge in [0.1, 0.15) is 12.4 Å². The summed E-state index contributed by atoms with van der Waals surface area (Å²) < 4.78 is 42.3. The smallest absolute Gasteiger partial charge is 0.416 e. The van der Waals surface area contributed by atoms with E-state index in [1.807, 2.05) is 0 Å². The Kier molecular flexibility index (Phi) is 3.55. The summed E-state index contributed by atoms with van der Waals surface area (Å²) in [6.07, 6.45) is -1.49. The molecule has 0 aliphatic rings. The Bertz CT molecular complexity index is 538. The molecular formula is C12H10F3N3O. The number of nitrogens with two attached hydrogens (primary N) is 1. The number of nitrogens with zero attached hydrogens (tertiary/aromatic N) is 2. The molecule has 0 atom stereocenters. The number of hydrogen-bond acceptors (Lipinski definition) is 4. The number of ether oxygens (including phenoxy) is 1. The lowest BCUT2D eigenvalue weighted by Crippen LogP contribution is -2.05. The van der Waals surface area contributed by atoms with Crippen molar-refractivity contribution in [2.45, 2.75) is 12.8 Å². The number of hydrogen-bond donors (Lipinski definition) is 1. The lowest BCUT2D eigenvalue weighted by molar-refractivity contribution is -0.137. The molecule has 1 aromatic carbocycles. The van der Waals surface area contributed by atoms with Gasteiger partial charge in [0.15, 0.2) is 5.82 Å². The van der Waals surface area contributed by atoms with Crippen molar-refractivity contribution < 1.29 is 17.9 Å². The summed E-state index contributed by atoms with van der Waals surface area (Å²) >= 11 is 0. The first-order chi connectivity index (χ1) is 8.95. The summed E-state index contributed by atoms with van der Waals surface area (Å²) in [5.74, 6) is 0.711. The van der Waals surface area contributed by atoms with Crippen molar-refractivity contribution in [3.63, 3.8) is 0 Å². The van der Waals surface area contributed by atoms with Crippen LogP contribution in [0.2, 0.25) is 0 Å². The highest BCUT2D eigenvalue weighted by Gasteiger charge is 2.29. The van der Waals surface area contributed by atoms with E-state index in [0.717, 1.165) is 12.1 Å². The minimum absolute atomic E-state index is 0.0612. The number of halogens is 3.